The second kappa shape index (κ2) is 6.15. The summed E-state index contributed by atoms with van der Waals surface area (Å²) in [6, 6.07) is 8.87. The lowest BCUT2D eigenvalue weighted by atomic mass is 9.94. The summed E-state index contributed by atoms with van der Waals surface area (Å²) in [6.45, 7) is 2.02. The van der Waals surface area contributed by atoms with E-state index in [1.165, 1.54) is 25.7 Å². The van der Waals surface area contributed by atoms with Crippen LogP contribution in [-0.2, 0) is 0 Å². The van der Waals surface area contributed by atoms with Gasteiger partial charge in [0.1, 0.15) is 6.07 Å². The van der Waals surface area contributed by atoms with Crippen LogP contribution in [0.25, 0.3) is 0 Å². The van der Waals surface area contributed by atoms with Crippen molar-refractivity contribution in [2.24, 2.45) is 0 Å². The van der Waals surface area contributed by atoms with E-state index in [4.69, 9.17) is 5.26 Å². The number of nitrogens with one attached hydrogen (secondary N) is 1. The fourth-order valence-corrected chi connectivity index (χ4v) is 3.28. The Morgan fingerprint density at radius 3 is 2.61 bits per heavy atom. The summed E-state index contributed by atoms with van der Waals surface area (Å²) in [5.74, 6) is 0. The van der Waals surface area contributed by atoms with Crippen LogP contribution in [0.15, 0.2) is 18.2 Å². The molecule has 0 bridgehead atoms. The molecule has 0 aromatic heterocycles. The van der Waals surface area contributed by atoms with E-state index < -0.39 is 0 Å². The number of hydrogen-bond acceptors (Lipinski definition) is 3. The van der Waals surface area contributed by atoms with Crippen molar-refractivity contribution in [3.8, 4) is 6.07 Å². The molecule has 0 atom stereocenters. The quantitative estimate of drug-likeness (QED) is 0.893. The number of aryl methyl sites for hydroxylation is 1. The first-order chi connectivity index (χ1) is 8.72. The highest BCUT2D eigenvalue weighted by molar-refractivity contribution is 7.99. The Kier molecular flexibility index (Phi) is 4.54. The maximum absolute atomic E-state index is 9.16. The first kappa shape index (κ1) is 13.3. The number of nitrogens with zero attached hydrogens (tertiary/aromatic N) is 1. The summed E-state index contributed by atoms with van der Waals surface area (Å²) in [6.07, 6.45) is 7.19. The van der Waals surface area contributed by atoms with Crippen LogP contribution in [0.5, 0.6) is 0 Å². The van der Waals surface area contributed by atoms with Crippen LogP contribution in [0, 0.1) is 18.3 Å². The Labute approximate surface area is 114 Å². The smallest absolute Gasteiger partial charge is 0.101 e. The van der Waals surface area contributed by atoms with Crippen molar-refractivity contribution in [3.63, 3.8) is 0 Å². The number of thioether (sulfide) groups is 1. The molecule has 1 aromatic carbocycles. The zero-order valence-electron chi connectivity index (χ0n) is 11.1. The molecule has 0 spiro atoms. The highest BCUT2D eigenvalue weighted by atomic mass is 32.2. The average molecular weight is 260 g/mol. The van der Waals surface area contributed by atoms with E-state index in [2.05, 4.69) is 23.7 Å². The molecule has 96 valence electrons. The summed E-state index contributed by atoms with van der Waals surface area (Å²) in [5, 5.41) is 13.5. The molecule has 1 aliphatic carbocycles. The predicted molar refractivity (Wildman–Crippen MR) is 79.1 cm³/mol. The minimum Gasteiger partial charge on any atom is -0.381 e. The molecule has 0 radical (unpaired) electrons. The van der Waals surface area contributed by atoms with Crippen LogP contribution in [-0.4, -0.2) is 17.5 Å². The van der Waals surface area contributed by atoms with Crippen LogP contribution in [0.1, 0.15) is 36.8 Å². The molecule has 0 saturated heterocycles. The van der Waals surface area contributed by atoms with Crippen LogP contribution in [0.2, 0.25) is 0 Å². The van der Waals surface area contributed by atoms with Gasteiger partial charge in [-0.3, -0.25) is 0 Å². The Balaban J connectivity index is 2.00. The number of benzene rings is 1. The van der Waals surface area contributed by atoms with Crippen LogP contribution < -0.4 is 5.32 Å². The highest BCUT2D eigenvalue weighted by Gasteiger charge is 2.20. The summed E-state index contributed by atoms with van der Waals surface area (Å²) in [4.78, 5) is 0. The molecule has 1 N–H and O–H groups in total. The summed E-state index contributed by atoms with van der Waals surface area (Å²) in [5.41, 5.74) is 2.90. The van der Waals surface area contributed by atoms with E-state index in [1.54, 1.807) is 0 Å². The van der Waals surface area contributed by atoms with E-state index in [0.29, 0.717) is 6.04 Å². The van der Waals surface area contributed by atoms with Crippen LogP contribution in [0.4, 0.5) is 5.69 Å². The van der Waals surface area contributed by atoms with Gasteiger partial charge < -0.3 is 5.32 Å². The maximum Gasteiger partial charge on any atom is 0.101 e. The third-order valence-electron chi connectivity index (χ3n) is 3.66. The molecule has 0 unspecified atom stereocenters. The second-order valence-electron chi connectivity index (χ2n) is 5.01. The molecule has 1 aromatic rings. The number of nitriles is 1. The second-order valence-corrected chi connectivity index (χ2v) is 6.15. The number of rotatable bonds is 3. The van der Waals surface area contributed by atoms with E-state index in [-0.39, 0.29) is 0 Å². The Morgan fingerprint density at radius 2 is 2.00 bits per heavy atom. The van der Waals surface area contributed by atoms with Crippen molar-refractivity contribution in [2.45, 2.75) is 43.9 Å². The van der Waals surface area contributed by atoms with Crippen molar-refractivity contribution >= 4 is 17.4 Å². The molecule has 3 heteroatoms. The predicted octanol–water partition coefficient (Wildman–Crippen LogP) is 3.95. The molecule has 1 fully saturated rings. The molecular weight excluding hydrogens is 240 g/mol. The van der Waals surface area contributed by atoms with Gasteiger partial charge in [0.2, 0.25) is 0 Å². The van der Waals surface area contributed by atoms with Crippen molar-refractivity contribution in [1.29, 1.82) is 5.26 Å². The molecule has 0 aliphatic heterocycles. The van der Waals surface area contributed by atoms with Crippen molar-refractivity contribution in [3.05, 3.63) is 29.3 Å². The fourth-order valence-electron chi connectivity index (χ4n) is 2.54. The topological polar surface area (TPSA) is 35.8 Å². The Morgan fingerprint density at radius 1 is 1.28 bits per heavy atom. The molecule has 1 saturated carbocycles. The third-order valence-corrected chi connectivity index (χ3v) is 4.80. The summed E-state index contributed by atoms with van der Waals surface area (Å²) < 4.78 is 0. The Bertz CT molecular complexity index is 442. The van der Waals surface area contributed by atoms with Gasteiger partial charge in [-0.05, 0) is 56.6 Å². The van der Waals surface area contributed by atoms with Gasteiger partial charge in [-0.15, -0.1) is 0 Å². The molecular formula is C15H20N2S. The number of anilines is 1. The van der Waals surface area contributed by atoms with E-state index in [9.17, 15) is 0 Å². The Hall–Kier alpha value is -1.14. The van der Waals surface area contributed by atoms with Crippen molar-refractivity contribution in [2.75, 3.05) is 11.6 Å². The minimum atomic E-state index is 0.531. The highest BCUT2D eigenvalue weighted by Crippen LogP contribution is 2.29. The molecule has 0 amide bonds. The lowest BCUT2D eigenvalue weighted by Gasteiger charge is -2.29. The SMILES string of the molecule is CSC1CCC(Nc2ccc(C)cc2C#N)CC1. The molecule has 1 aliphatic rings. The van der Waals surface area contributed by atoms with Crippen LogP contribution in [0.3, 0.4) is 0 Å². The third kappa shape index (κ3) is 3.20. The van der Waals surface area contributed by atoms with Gasteiger partial charge in [0.15, 0.2) is 0 Å². The van der Waals surface area contributed by atoms with Gasteiger partial charge in [-0.25, -0.2) is 0 Å². The first-order valence-corrected chi connectivity index (χ1v) is 7.82. The molecule has 2 rings (SSSR count). The molecule has 0 heterocycles. The lowest BCUT2D eigenvalue weighted by molar-refractivity contribution is 0.473. The van der Waals surface area contributed by atoms with Gasteiger partial charge in [-0.1, -0.05) is 6.07 Å². The normalized spacial score (nSPS) is 23.4. The standard InChI is InChI=1S/C15H20N2S/c1-11-3-8-15(12(9-11)10-16)17-13-4-6-14(18-2)7-5-13/h3,8-9,13-14,17H,4-7H2,1-2H3. The largest absolute Gasteiger partial charge is 0.381 e. The maximum atomic E-state index is 9.16. The molecule has 18 heavy (non-hydrogen) atoms. The van der Waals surface area contributed by atoms with Gasteiger partial charge in [0.05, 0.1) is 11.3 Å². The monoisotopic (exact) mass is 260 g/mol. The van der Waals surface area contributed by atoms with E-state index in [1.807, 2.05) is 30.8 Å². The summed E-state index contributed by atoms with van der Waals surface area (Å²) >= 11 is 1.98. The minimum absolute atomic E-state index is 0.531. The number of hydrogen-bond donors (Lipinski definition) is 1. The van der Waals surface area contributed by atoms with Crippen molar-refractivity contribution < 1.29 is 0 Å². The van der Waals surface area contributed by atoms with Gasteiger partial charge in [0.25, 0.3) is 0 Å². The van der Waals surface area contributed by atoms with E-state index >= 15 is 0 Å². The van der Waals surface area contributed by atoms with Crippen LogP contribution >= 0.6 is 11.8 Å². The van der Waals surface area contributed by atoms with Gasteiger partial charge >= 0.3 is 0 Å². The first-order valence-electron chi connectivity index (χ1n) is 6.53. The van der Waals surface area contributed by atoms with E-state index in [0.717, 1.165) is 22.1 Å². The fraction of sp³-hybridized carbons (Fsp3) is 0.533. The van der Waals surface area contributed by atoms with Gasteiger partial charge in [0, 0.05) is 11.3 Å². The zero-order chi connectivity index (χ0) is 13.0. The molecule has 2 nitrogen and oxygen atoms in total. The van der Waals surface area contributed by atoms with Crippen molar-refractivity contribution in [1.82, 2.24) is 0 Å². The average Bonchev–Trinajstić information content (AvgIpc) is 2.41. The zero-order valence-corrected chi connectivity index (χ0v) is 11.9. The van der Waals surface area contributed by atoms with Gasteiger partial charge in [-0.2, -0.15) is 17.0 Å². The lowest BCUT2D eigenvalue weighted by Crippen LogP contribution is -2.27. The summed E-state index contributed by atoms with van der Waals surface area (Å²) in [7, 11) is 0.